The van der Waals surface area contributed by atoms with Crippen LogP contribution in [-0.2, 0) is 6.54 Å². The van der Waals surface area contributed by atoms with Crippen molar-refractivity contribution < 1.29 is 44.5 Å². The van der Waals surface area contributed by atoms with E-state index in [1.54, 1.807) is 13.3 Å². The number of ether oxygens (including phenoxy) is 1. The van der Waals surface area contributed by atoms with Crippen molar-refractivity contribution in [2.45, 2.75) is 31.5 Å². The molecule has 35 heavy (non-hydrogen) atoms. The fraction of sp³-hybridized carbons (Fsp3) is 0.370. The van der Waals surface area contributed by atoms with Crippen molar-refractivity contribution >= 4 is 10.9 Å². The van der Waals surface area contributed by atoms with Crippen LogP contribution >= 0.6 is 0 Å². The van der Waals surface area contributed by atoms with E-state index < -0.39 is 23.6 Å². The molecule has 186 valence electrons. The minimum Gasteiger partial charge on any atom is -1.00 e. The summed E-state index contributed by atoms with van der Waals surface area (Å²) in [6.07, 6.45) is 4.41. The van der Waals surface area contributed by atoms with Crippen molar-refractivity contribution in [1.29, 1.82) is 0 Å². The quantitative estimate of drug-likeness (QED) is 0.292. The number of hydrogen-bond acceptors (Lipinski definition) is 3. The predicted molar refractivity (Wildman–Crippen MR) is 123 cm³/mol. The molecule has 1 aromatic heterocycles. The van der Waals surface area contributed by atoms with E-state index in [0.29, 0.717) is 28.8 Å². The topological polar surface area (TPSA) is 42.4 Å². The summed E-state index contributed by atoms with van der Waals surface area (Å²) in [6.45, 7) is 5.56. The summed E-state index contributed by atoms with van der Waals surface area (Å²) >= 11 is 0. The number of methoxy groups -OCH3 is 1. The number of aromatic nitrogens is 1. The molecule has 0 aliphatic carbocycles. The van der Waals surface area contributed by atoms with E-state index in [-0.39, 0.29) is 41.0 Å². The van der Waals surface area contributed by atoms with Crippen molar-refractivity contribution in [2.24, 2.45) is 11.8 Å². The maximum Gasteiger partial charge on any atom is 0.161 e. The van der Waals surface area contributed by atoms with Crippen molar-refractivity contribution in [1.82, 2.24) is 4.98 Å². The van der Waals surface area contributed by atoms with Gasteiger partial charge in [0.2, 0.25) is 0 Å². The van der Waals surface area contributed by atoms with E-state index in [9.17, 15) is 18.3 Å². The normalized spacial score (nSPS) is 26.3. The molecule has 0 radical (unpaired) electrons. The maximum absolute atomic E-state index is 14.7. The van der Waals surface area contributed by atoms with Crippen molar-refractivity contribution in [3.63, 3.8) is 0 Å². The fourth-order valence-corrected chi connectivity index (χ4v) is 6.14. The summed E-state index contributed by atoms with van der Waals surface area (Å²) in [6, 6.07) is 8.69. The van der Waals surface area contributed by atoms with E-state index >= 15 is 0 Å². The van der Waals surface area contributed by atoms with Gasteiger partial charge in [0, 0.05) is 42.0 Å². The molecule has 0 amide bonds. The van der Waals surface area contributed by atoms with E-state index in [0.717, 1.165) is 41.9 Å². The number of aliphatic hydroxyl groups is 1. The summed E-state index contributed by atoms with van der Waals surface area (Å²) < 4.78 is 48.1. The summed E-state index contributed by atoms with van der Waals surface area (Å²) in [7, 11) is 1.59. The summed E-state index contributed by atoms with van der Waals surface area (Å²) in [5.41, 5.74) is 1.61. The lowest BCUT2D eigenvalue weighted by Gasteiger charge is -2.58. The number of hydrogen-bond donors (Lipinski definition) is 1. The number of piperidine rings is 3. The largest absolute Gasteiger partial charge is 1.00 e. The summed E-state index contributed by atoms with van der Waals surface area (Å²) in [5, 5.41) is 12.6. The number of nitrogens with zero attached hydrogens (tertiary/aromatic N) is 2. The number of halogens is 4. The predicted octanol–water partition coefficient (Wildman–Crippen LogP) is 2.31. The molecule has 3 aliphatic rings. The van der Waals surface area contributed by atoms with Gasteiger partial charge < -0.3 is 31.3 Å². The van der Waals surface area contributed by atoms with Gasteiger partial charge in [0.15, 0.2) is 11.6 Å². The van der Waals surface area contributed by atoms with Gasteiger partial charge in [-0.05, 0) is 41.8 Å². The van der Waals surface area contributed by atoms with Gasteiger partial charge >= 0.3 is 0 Å². The third-order valence-electron chi connectivity index (χ3n) is 7.92. The van der Waals surface area contributed by atoms with E-state index in [1.807, 2.05) is 30.3 Å². The van der Waals surface area contributed by atoms with Gasteiger partial charge in [0.1, 0.15) is 30.3 Å². The molecule has 3 fully saturated rings. The average Bonchev–Trinajstić information content (AvgIpc) is 2.86. The highest BCUT2D eigenvalue weighted by Crippen LogP contribution is 2.48. The van der Waals surface area contributed by atoms with Crippen molar-refractivity contribution in [2.75, 3.05) is 20.2 Å². The number of quaternary nitrogens is 1. The Morgan fingerprint density at radius 1 is 1.17 bits per heavy atom. The Morgan fingerprint density at radius 3 is 2.69 bits per heavy atom. The van der Waals surface area contributed by atoms with Gasteiger partial charge in [-0.25, -0.2) is 13.2 Å². The smallest absolute Gasteiger partial charge is 0.161 e. The molecular weight excluding hydrogens is 521 g/mol. The highest BCUT2D eigenvalue weighted by Gasteiger charge is 2.54. The molecule has 2 aromatic carbocycles. The van der Waals surface area contributed by atoms with Gasteiger partial charge in [-0.3, -0.25) is 4.98 Å². The average molecular weight is 549 g/mol. The highest BCUT2D eigenvalue weighted by atomic mass is 79.9. The second-order valence-electron chi connectivity index (χ2n) is 9.62. The van der Waals surface area contributed by atoms with Crippen LogP contribution < -0.4 is 21.7 Å². The lowest BCUT2D eigenvalue weighted by molar-refractivity contribution is -0.985. The van der Waals surface area contributed by atoms with Crippen LogP contribution in [-0.4, -0.2) is 40.8 Å². The third kappa shape index (κ3) is 4.47. The molecule has 2 bridgehead atoms. The molecule has 5 atom stereocenters. The third-order valence-corrected chi connectivity index (χ3v) is 7.92. The Morgan fingerprint density at radius 2 is 1.94 bits per heavy atom. The Labute approximate surface area is 213 Å². The molecule has 4 heterocycles. The van der Waals surface area contributed by atoms with Crippen LogP contribution in [0.15, 0.2) is 55.3 Å². The lowest BCUT2D eigenvalue weighted by Crippen LogP contribution is -3.00. The van der Waals surface area contributed by atoms with Crippen LogP contribution in [0.5, 0.6) is 5.75 Å². The van der Waals surface area contributed by atoms with Crippen LogP contribution in [0.4, 0.5) is 13.2 Å². The zero-order valence-electron chi connectivity index (χ0n) is 19.4. The van der Waals surface area contributed by atoms with Crippen molar-refractivity contribution in [3.8, 4) is 5.75 Å². The van der Waals surface area contributed by atoms with E-state index in [4.69, 9.17) is 4.74 Å². The number of benzene rings is 2. The summed E-state index contributed by atoms with van der Waals surface area (Å²) in [5.74, 6) is -1.77. The van der Waals surface area contributed by atoms with Crippen LogP contribution in [0.1, 0.15) is 30.1 Å². The van der Waals surface area contributed by atoms with Crippen molar-refractivity contribution in [3.05, 3.63) is 83.8 Å². The molecule has 3 aromatic rings. The van der Waals surface area contributed by atoms with E-state index in [2.05, 4.69) is 11.6 Å². The summed E-state index contributed by atoms with van der Waals surface area (Å²) in [4.78, 5) is 4.42. The lowest BCUT2D eigenvalue weighted by atomic mass is 9.71. The Balaban J connectivity index is 0.00000289. The monoisotopic (exact) mass is 548 g/mol. The zero-order valence-corrected chi connectivity index (χ0v) is 21.0. The number of pyridine rings is 1. The first-order chi connectivity index (χ1) is 16.3. The number of aliphatic hydroxyl groups excluding tert-OH is 1. The van der Waals surface area contributed by atoms with Gasteiger partial charge in [-0.15, -0.1) is 6.58 Å². The molecule has 8 heteroatoms. The molecule has 0 spiro atoms. The first-order valence-corrected chi connectivity index (χ1v) is 11.6. The van der Waals surface area contributed by atoms with Crippen LogP contribution in [0, 0.1) is 29.3 Å². The molecule has 1 N–H and O–H groups in total. The first kappa shape index (κ1) is 25.7. The van der Waals surface area contributed by atoms with Crippen LogP contribution in [0.25, 0.3) is 10.9 Å². The molecular formula is C27H28BrF3N2O2. The van der Waals surface area contributed by atoms with Gasteiger partial charge in [-0.2, -0.15) is 0 Å². The standard InChI is InChI=1S/C27H28F3N2O2.BrH/c1-3-16-14-32(15-18-10-23(29)24(30)13-22(18)28)9-7-17(16)11-26(32)27(33)20-6-8-31-25-5-4-19(34-2)12-21(20)25;/h3-6,8,10,12-13,16-17,26-27,33H,1,7,9,11,14-15H2,2H3;1H/q+1;/p-1/t16-,17-,26+,27-,32?;/m0./s1. The molecule has 1 unspecified atom stereocenters. The number of rotatable bonds is 6. The molecule has 4 nitrogen and oxygen atoms in total. The first-order valence-electron chi connectivity index (χ1n) is 11.6. The molecule has 3 aliphatic heterocycles. The Hall–Kier alpha value is -2.42. The fourth-order valence-electron chi connectivity index (χ4n) is 6.14. The van der Waals surface area contributed by atoms with Gasteiger partial charge in [0.25, 0.3) is 0 Å². The second-order valence-corrected chi connectivity index (χ2v) is 9.62. The Kier molecular flexibility index (Phi) is 7.27. The SMILES string of the molecule is C=C[C@H]1C[N+]2(Cc3cc(F)c(F)cc3F)CC[C@H]1C[C@@H]2[C@@H](O)c1ccnc2ccc(OC)cc12.[Br-]. The zero-order chi connectivity index (χ0) is 24.0. The molecule has 6 rings (SSSR count). The molecule has 0 saturated carbocycles. The van der Waals surface area contributed by atoms with Crippen LogP contribution in [0.2, 0.25) is 0 Å². The minimum atomic E-state index is -1.20. The second kappa shape index (κ2) is 9.91. The van der Waals surface area contributed by atoms with E-state index in [1.165, 1.54) is 0 Å². The highest BCUT2D eigenvalue weighted by molar-refractivity contribution is 5.83. The van der Waals surface area contributed by atoms with Crippen LogP contribution in [0.3, 0.4) is 0 Å². The minimum absolute atomic E-state index is 0. The Bertz CT molecular complexity index is 1260. The molecule has 3 saturated heterocycles. The van der Waals surface area contributed by atoms with Gasteiger partial charge in [-0.1, -0.05) is 6.08 Å². The van der Waals surface area contributed by atoms with Gasteiger partial charge in [0.05, 0.1) is 25.7 Å². The number of fused-ring (bicyclic) bond motifs is 4. The maximum atomic E-state index is 14.7.